The number of carbonyl (C=O) groups excluding carboxylic acids is 1. The van der Waals surface area contributed by atoms with E-state index in [9.17, 15) is 14.9 Å². The number of hydrogen-bond donors (Lipinski definition) is 0. The number of ether oxygens (including phenoxy) is 1. The number of rotatable bonds is 5. The number of methoxy groups -OCH3 is 1. The Morgan fingerprint density at radius 3 is 2.38 bits per heavy atom. The largest absolute Gasteiger partial charge is 0.497 e. The van der Waals surface area contributed by atoms with Gasteiger partial charge in [-0.1, -0.05) is 6.92 Å². The van der Waals surface area contributed by atoms with E-state index in [0.29, 0.717) is 11.3 Å². The lowest BCUT2D eigenvalue weighted by Crippen LogP contribution is -2.28. The molecule has 5 heteroatoms. The first kappa shape index (κ1) is 12.2. The van der Waals surface area contributed by atoms with Gasteiger partial charge >= 0.3 is 0 Å². The van der Waals surface area contributed by atoms with Crippen molar-refractivity contribution >= 4 is 5.78 Å². The molecule has 5 nitrogen and oxygen atoms in total. The van der Waals surface area contributed by atoms with E-state index < -0.39 is 16.7 Å². The topological polar surface area (TPSA) is 69.4 Å². The Morgan fingerprint density at radius 2 is 2.00 bits per heavy atom. The monoisotopic (exact) mass is 223 g/mol. The number of nitrogens with zero attached hydrogens (tertiary/aromatic N) is 1. The summed E-state index contributed by atoms with van der Waals surface area (Å²) in [6, 6.07) is 5.13. The smallest absolute Gasteiger partial charge is 0.274 e. The Hall–Kier alpha value is -1.91. The molecular formula is C11H13NO4. The summed E-state index contributed by atoms with van der Waals surface area (Å²) in [6.07, 6.45) is 0.192. The highest BCUT2D eigenvalue weighted by molar-refractivity contribution is 5.99. The number of benzene rings is 1. The van der Waals surface area contributed by atoms with Gasteiger partial charge in [-0.3, -0.25) is 14.9 Å². The minimum atomic E-state index is -1.16. The molecule has 16 heavy (non-hydrogen) atoms. The summed E-state index contributed by atoms with van der Waals surface area (Å²) in [6.45, 7) is 1.62. The van der Waals surface area contributed by atoms with Crippen LogP contribution in [0.1, 0.15) is 23.7 Å². The van der Waals surface area contributed by atoms with E-state index in [1.807, 2.05) is 0 Å². The molecule has 0 amide bonds. The summed E-state index contributed by atoms with van der Waals surface area (Å²) >= 11 is 0. The molecule has 1 aromatic carbocycles. The Balaban J connectivity index is 2.91. The first-order chi connectivity index (χ1) is 7.60. The van der Waals surface area contributed by atoms with Crippen molar-refractivity contribution in [2.75, 3.05) is 7.11 Å². The molecule has 0 saturated carbocycles. The summed E-state index contributed by atoms with van der Waals surface area (Å²) in [5.41, 5.74) is 0.337. The van der Waals surface area contributed by atoms with Crippen LogP contribution >= 0.6 is 0 Å². The second-order valence-corrected chi connectivity index (χ2v) is 3.30. The summed E-state index contributed by atoms with van der Waals surface area (Å²) in [5.74, 6) is 0.154. The molecule has 0 fully saturated rings. The highest BCUT2D eigenvalue weighted by atomic mass is 16.6. The van der Waals surface area contributed by atoms with Crippen molar-refractivity contribution in [2.24, 2.45) is 0 Å². The molecule has 1 aromatic rings. The second kappa shape index (κ2) is 5.25. The molecule has 1 atom stereocenters. The first-order valence-corrected chi connectivity index (χ1v) is 4.92. The van der Waals surface area contributed by atoms with Gasteiger partial charge in [0.1, 0.15) is 5.75 Å². The summed E-state index contributed by atoms with van der Waals surface area (Å²) in [4.78, 5) is 21.8. The van der Waals surface area contributed by atoms with Crippen molar-refractivity contribution in [3.8, 4) is 5.75 Å². The predicted molar refractivity (Wildman–Crippen MR) is 58.4 cm³/mol. The van der Waals surface area contributed by atoms with Crippen LogP contribution in [0.2, 0.25) is 0 Å². The predicted octanol–water partition coefficient (Wildman–Crippen LogP) is 1.93. The van der Waals surface area contributed by atoms with Crippen molar-refractivity contribution in [2.45, 2.75) is 19.4 Å². The fourth-order valence-electron chi connectivity index (χ4n) is 1.38. The molecular weight excluding hydrogens is 210 g/mol. The van der Waals surface area contributed by atoms with E-state index in [4.69, 9.17) is 4.74 Å². The molecule has 0 aliphatic heterocycles. The molecule has 0 radical (unpaired) electrons. The number of ketones is 1. The van der Waals surface area contributed by atoms with Crippen LogP contribution in [0.25, 0.3) is 0 Å². The van der Waals surface area contributed by atoms with Gasteiger partial charge in [0.05, 0.1) is 7.11 Å². The minimum absolute atomic E-state index is 0.192. The average molecular weight is 223 g/mol. The van der Waals surface area contributed by atoms with E-state index in [2.05, 4.69) is 0 Å². The zero-order chi connectivity index (χ0) is 12.1. The van der Waals surface area contributed by atoms with Gasteiger partial charge in [-0.25, -0.2) is 0 Å². The van der Waals surface area contributed by atoms with Crippen LogP contribution in [0.3, 0.4) is 0 Å². The van der Waals surface area contributed by atoms with Crippen LogP contribution in [0, 0.1) is 10.1 Å². The zero-order valence-corrected chi connectivity index (χ0v) is 9.17. The molecule has 0 aliphatic rings. The lowest BCUT2D eigenvalue weighted by Gasteiger charge is -2.06. The van der Waals surface area contributed by atoms with Crippen molar-refractivity contribution in [1.82, 2.24) is 0 Å². The van der Waals surface area contributed by atoms with Crippen molar-refractivity contribution in [3.63, 3.8) is 0 Å². The molecule has 0 unspecified atom stereocenters. The summed E-state index contributed by atoms with van der Waals surface area (Å²) < 4.78 is 4.94. The highest BCUT2D eigenvalue weighted by Crippen LogP contribution is 2.14. The number of nitro groups is 1. The van der Waals surface area contributed by atoms with Crippen LogP contribution in [-0.2, 0) is 0 Å². The molecule has 1 rings (SSSR count). The van der Waals surface area contributed by atoms with Gasteiger partial charge in [0.15, 0.2) is 0 Å². The van der Waals surface area contributed by atoms with E-state index in [1.54, 1.807) is 19.1 Å². The van der Waals surface area contributed by atoms with Crippen LogP contribution < -0.4 is 4.74 Å². The third-order valence-electron chi connectivity index (χ3n) is 2.32. The van der Waals surface area contributed by atoms with E-state index >= 15 is 0 Å². The molecule has 0 bridgehead atoms. The van der Waals surface area contributed by atoms with Crippen molar-refractivity contribution in [3.05, 3.63) is 39.9 Å². The normalized spacial score (nSPS) is 11.9. The minimum Gasteiger partial charge on any atom is -0.497 e. The van der Waals surface area contributed by atoms with Gasteiger partial charge in [0.25, 0.3) is 6.04 Å². The van der Waals surface area contributed by atoms with Crippen LogP contribution in [0.15, 0.2) is 24.3 Å². The van der Waals surface area contributed by atoms with Gasteiger partial charge in [-0.2, -0.15) is 0 Å². The molecule has 0 saturated heterocycles. The standard InChI is InChI=1S/C11H13NO4/c1-3-10(12(14)15)11(13)8-4-6-9(16-2)7-5-8/h4-7,10H,3H2,1-2H3/t10-/m1/s1. The van der Waals surface area contributed by atoms with Crippen LogP contribution in [0.4, 0.5) is 0 Å². The van der Waals surface area contributed by atoms with E-state index in [0.717, 1.165) is 0 Å². The van der Waals surface area contributed by atoms with Gasteiger partial charge in [0, 0.05) is 16.9 Å². The van der Waals surface area contributed by atoms with Gasteiger partial charge < -0.3 is 4.74 Å². The van der Waals surface area contributed by atoms with Gasteiger partial charge in [-0.15, -0.1) is 0 Å². The zero-order valence-electron chi connectivity index (χ0n) is 9.17. The van der Waals surface area contributed by atoms with Gasteiger partial charge in [-0.05, 0) is 24.3 Å². The molecule has 0 heterocycles. The lowest BCUT2D eigenvalue weighted by molar-refractivity contribution is -0.505. The lowest BCUT2D eigenvalue weighted by atomic mass is 10.0. The Labute approximate surface area is 93.2 Å². The first-order valence-electron chi connectivity index (χ1n) is 4.92. The maximum Gasteiger partial charge on any atom is 0.274 e. The molecule has 0 aromatic heterocycles. The third-order valence-corrected chi connectivity index (χ3v) is 2.32. The summed E-state index contributed by atoms with van der Waals surface area (Å²) in [7, 11) is 1.52. The van der Waals surface area contributed by atoms with E-state index in [-0.39, 0.29) is 6.42 Å². The van der Waals surface area contributed by atoms with E-state index in [1.165, 1.54) is 19.2 Å². The summed E-state index contributed by atoms with van der Waals surface area (Å²) in [5, 5.41) is 10.6. The fraction of sp³-hybridized carbons (Fsp3) is 0.364. The maximum atomic E-state index is 11.7. The van der Waals surface area contributed by atoms with Crippen molar-refractivity contribution in [1.29, 1.82) is 0 Å². The van der Waals surface area contributed by atoms with Crippen molar-refractivity contribution < 1.29 is 14.5 Å². The van der Waals surface area contributed by atoms with Crippen LogP contribution in [0.5, 0.6) is 5.75 Å². The molecule has 0 spiro atoms. The highest BCUT2D eigenvalue weighted by Gasteiger charge is 2.28. The molecule has 0 N–H and O–H groups in total. The Kier molecular flexibility index (Phi) is 3.99. The average Bonchev–Trinajstić information content (AvgIpc) is 2.29. The number of Topliss-reactive ketones (excluding diaryl/α,β-unsaturated/α-hetero) is 1. The second-order valence-electron chi connectivity index (χ2n) is 3.30. The Bertz CT molecular complexity index is 385. The van der Waals surface area contributed by atoms with Gasteiger partial charge in [0.2, 0.25) is 5.78 Å². The van der Waals surface area contributed by atoms with Crippen LogP contribution in [-0.4, -0.2) is 23.9 Å². The fourth-order valence-corrected chi connectivity index (χ4v) is 1.38. The SMILES string of the molecule is CC[C@H](C(=O)c1ccc(OC)cc1)[N+](=O)[O-]. The Morgan fingerprint density at radius 1 is 1.44 bits per heavy atom. The quantitative estimate of drug-likeness (QED) is 0.434. The number of hydrogen-bond acceptors (Lipinski definition) is 4. The third kappa shape index (κ3) is 2.56. The number of carbonyl (C=O) groups is 1. The maximum absolute atomic E-state index is 11.7. The molecule has 86 valence electrons. The molecule has 0 aliphatic carbocycles.